The number of primary amides is 1. The highest BCUT2D eigenvalue weighted by molar-refractivity contribution is 6.66. The summed E-state index contributed by atoms with van der Waals surface area (Å²) in [6.07, 6.45) is 4.52. The van der Waals surface area contributed by atoms with Crippen molar-refractivity contribution in [1.82, 2.24) is 10.6 Å². The van der Waals surface area contributed by atoms with Gasteiger partial charge < -0.3 is 16.4 Å². The highest BCUT2D eigenvalue weighted by Crippen LogP contribution is 2.18. The van der Waals surface area contributed by atoms with E-state index in [2.05, 4.69) is 15.6 Å². The number of nitrogens with one attached hydrogen (secondary N) is 2. The summed E-state index contributed by atoms with van der Waals surface area (Å²) >= 11 is 6.11. The Balaban J connectivity index is 2.27. The Kier molecular flexibility index (Phi) is 4.44. The lowest BCUT2D eigenvalue weighted by molar-refractivity contribution is -0.120. The van der Waals surface area contributed by atoms with Gasteiger partial charge >= 0.3 is 0 Å². The molecule has 2 heterocycles. The third-order valence-corrected chi connectivity index (χ3v) is 3.73. The number of hydrogen-bond donors (Lipinski definition) is 3. The Morgan fingerprint density at radius 3 is 2.95 bits per heavy atom. The molecule has 0 aromatic carbocycles. The fraction of sp³-hybridized carbons (Fsp3) is 0.462. The fourth-order valence-electron chi connectivity index (χ4n) is 2.02. The van der Waals surface area contributed by atoms with Crippen LogP contribution < -0.4 is 16.4 Å². The van der Waals surface area contributed by atoms with E-state index in [1.165, 1.54) is 6.08 Å². The van der Waals surface area contributed by atoms with Crippen LogP contribution in [0.5, 0.6) is 0 Å². The molecule has 2 aliphatic heterocycles. The van der Waals surface area contributed by atoms with Crippen LogP contribution in [0.25, 0.3) is 0 Å². The first kappa shape index (κ1) is 14.6. The van der Waals surface area contributed by atoms with Crippen LogP contribution in [0.15, 0.2) is 28.5 Å². The van der Waals surface area contributed by atoms with E-state index in [1.54, 1.807) is 6.08 Å². The molecule has 6 nitrogen and oxygen atoms in total. The van der Waals surface area contributed by atoms with Crippen LogP contribution >= 0.6 is 11.6 Å². The molecule has 1 fully saturated rings. The van der Waals surface area contributed by atoms with Gasteiger partial charge in [-0.2, -0.15) is 0 Å². The second-order valence-corrected chi connectivity index (χ2v) is 5.29. The number of allylic oxidation sites excluding steroid dienone is 1. The number of carbonyl (C=O) groups is 2. The smallest absolute Gasteiger partial charge is 0.248 e. The minimum Gasteiger partial charge on any atom is -0.366 e. The predicted octanol–water partition coefficient (Wildman–Crippen LogP) is 0.395. The van der Waals surface area contributed by atoms with Crippen molar-refractivity contribution < 1.29 is 9.59 Å². The van der Waals surface area contributed by atoms with E-state index in [4.69, 9.17) is 17.3 Å². The zero-order chi connectivity index (χ0) is 14.7. The SMILES string of the molecule is CC1CC=C(C(N)=O)C=C(NC2CCNC2=O)N=C1Cl. The topological polar surface area (TPSA) is 96.6 Å². The maximum Gasteiger partial charge on any atom is 0.248 e. The Bertz CT molecular complexity index is 524. The fourth-order valence-corrected chi connectivity index (χ4v) is 2.20. The van der Waals surface area contributed by atoms with E-state index < -0.39 is 5.91 Å². The molecule has 7 heteroatoms. The quantitative estimate of drug-likeness (QED) is 0.703. The third-order valence-electron chi connectivity index (χ3n) is 3.27. The van der Waals surface area contributed by atoms with Crippen molar-refractivity contribution in [3.05, 3.63) is 23.5 Å². The van der Waals surface area contributed by atoms with E-state index >= 15 is 0 Å². The number of rotatable bonds is 3. The first-order valence-corrected chi connectivity index (χ1v) is 6.85. The summed E-state index contributed by atoms with van der Waals surface area (Å²) in [7, 11) is 0. The lowest BCUT2D eigenvalue weighted by atomic mass is 10.0. The zero-order valence-electron chi connectivity index (χ0n) is 11.1. The van der Waals surface area contributed by atoms with Crippen LogP contribution in [-0.4, -0.2) is 29.6 Å². The second-order valence-electron chi connectivity index (χ2n) is 4.90. The highest BCUT2D eigenvalue weighted by atomic mass is 35.5. The van der Waals surface area contributed by atoms with Crippen molar-refractivity contribution in [2.24, 2.45) is 16.6 Å². The molecule has 20 heavy (non-hydrogen) atoms. The van der Waals surface area contributed by atoms with E-state index in [0.717, 1.165) is 0 Å². The van der Waals surface area contributed by atoms with Crippen LogP contribution in [-0.2, 0) is 9.59 Å². The molecule has 2 amide bonds. The molecule has 2 atom stereocenters. The molecular formula is C13H17ClN4O2. The van der Waals surface area contributed by atoms with Gasteiger partial charge in [-0.1, -0.05) is 24.6 Å². The van der Waals surface area contributed by atoms with Gasteiger partial charge in [-0.3, -0.25) is 9.59 Å². The second kappa shape index (κ2) is 6.09. The molecule has 2 rings (SSSR count). The van der Waals surface area contributed by atoms with Gasteiger partial charge in [0.15, 0.2) is 0 Å². The summed E-state index contributed by atoms with van der Waals surface area (Å²) < 4.78 is 0. The summed E-state index contributed by atoms with van der Waals surface area (Å²) in [5, 5.41) is 6.16. The van der Waals surface area contributed by atoms with E-state index in [0.29, 0.717) is 36.0 Å². The van der Waals surface area contributed by atoms with E-state index in [9.17, 15) is 9.59 Å². The third kappa shape index (κ3) is 3.39. The summed E-state index contributed by atoms with van der Waals surface area (Å²) in [6, 6.07) is -0.363. The van der Waals surface area contributed by atoms with Crippen LogP contribution in [0.1, 0.15) is 19.8 Å². The number of nitrogens with zero attached hydrogens (tertiary/aromatic N) is 1. The van der Waals surface area contributed by atoms with Gasteiger partial charge in [0.05, 0.1) is 0 Å². The number of halogens is 1. The molecule has 1 saturated heterocycles. The first-order chi connectivity index (χ1) is 9.47. The average molecular weight is 297 g/mol. The van der Waals surface area contributed by atoms with E-state index in [-0.39, 0.29) is 17.9 Å². The maximum absolute atomic E-state index is 11.6. The lowest BCUT2D eigenvalue weighted by Gasteiger charge is -2.16. The summed E-state index contributed by atoms with van der Waals surface area (Å²) in [6.45, 7) is 2.53. The van der Waals surface area contributed by atoms with Crippen molar-refractivity contribution in [2.75, 3.05) is 6.54 Å². The molecular weight excluding hydrogens is 280 g/mol. The molecule has 0 bridgehead atoms. The number of nitrogens with two attached hydrogens (primary N) is 1. The zero-order valence-corrected chi connectivity index (χ0v) is 11.9. The molecule has 2 unspecified atom stereocenters. The monoisotopic (exact) mass is 296 g/mol. The minimum absolute atomic E-state index is 0.00563. The standard InChI is InChI=1S/C13H17ClN4O2/c1-7-2-3-8(12(15)19)6-10(18-11(7)14)17-9-4-5-16-13(9)20/h3,6-7,9,17H,2,4-5H2,1H3,(H2,15,19)(H,16,20). The Morgan fingerprint density at radius 1 is 1.60 bits per heavy atom. The van der Waals surface area contributed by atoms with Crippen molar-refractivity contribution >= 4 is 28.6 Å². The number of amides is 2. The van der Waals surface area contributed by atoms with Gasteiger partial charge in [-0.15, -0.1) is 0 Å². The largest absolute Gasteiger partial charge is 0.366 e. The molecule has 2 aliphatic rings. The lowest BCUT2D eigenvalue weighted by Crippen LogP contribution is -2.35. The summed E-state index contributed by atoms with van der Waals surface area (Å²) in [5.74, 6) is -0.236. The molecule has 0 aromatic rings. The van der Waals surface area contributed by atoms with Crippen molar-refractivity contribution in [3.8, 4) is 0 Å². The molecule has 0 radical (unpaired) electrons. The number of aliphatic imine (C=N–C) groups is 1. The highest BCUT2D eigenvalue weighted by Gasteiger charge is 2.25. The Morgan fingerprint density at radius 2 is 2.35 bits per heavy atom. The van der Waals surface area contributed by atoms with Gasteiger partial charge in [-0.05, 0) is 18.9 Å². The van der Waals surface area contributed by atoms with Crippen molar-refractivity contribution in [3.63, 3.8) is 0 Å². The normalized spacial score (nSPS) is 26.7. The van der Waals surface area contributed by atoms with Gasteiger partial charge in [0, 0.05) is 18.0 Å². The molecule has 4 N–H and O–H groups in total. The van der Waals surface area contributed by atoms with Gasteiger partial charge in [-0.25, -0.2) is 4.99 Å². The van der Waals surface area contributed by atoms with Crippen LogP contribution in [0, 0.1) is 5.92 Å². The average Bonchev–Trinajstić information content (AvgIpc) is 2.77. The van der Waals surface area contributed by atoms with Crippen molar-refractivity contribution in [1.29, 1.82) is 0 Å². The van der Waals surface area contributed by atoms with Gasteiger partial charge in [0.1, 0.15) is 17.0 Å². The molecule has 108 valence electrons. The summed E-state index contributed by atoms with van der Waals surface area (Å²) in [5.41, 5.74) is 5.69. The maximum atomic E-state index is 11.6. The number of hydrogen-bond acceptors (Lipinski definition) is 4. The predicted molar refractivity (Wildman–Crippen MR) is 77.0 cm³/mol. The van der Waals surface area contributed by atoms with Gasteiger partial charge in [0.2, 0.25) is 11.8 Å². The molecule has 0 aromatic heterocycles. The summed E-state index contributed by atoms with van der Waals surface area (Å²) in [4.78, 5) is 27.2. The van der Waals surface area contributed by atoms with Crippen LogP contribution in [0.3, 0.4) is 0 Å². The van der Waals surface area contributed by atoms with Crippen molar-refractivity contribution in [2.45, 2.75) is 25.8 Å². The number of carbonyl (C=O) groups excluding carboxylic acids is 2. The molecule has 0 saturated carbocycles. The van der Waals surface area contributed by atoms with E-state index in [1.807, 2.05) is 6.92 Å². The Hall–Kier alpha value is -1.82. The Labute approximate surface area is 122 Å². The molecule has 0 aliphatic carbocycles. The van der Waals surface area contributed by atoms with Crippen LogP contribution in [0.4, 0.5) is 0 Å². The minimum atomic E-state index is -0.527. The first-order valence-electron chi connectivity index (χ1n) is 6.47. The van der Waals surface area contributed by atoms with Gasteiger partial charge in [0.25, 0.3) is 0 Å². The van der Waals surface area contributed by atoms with Crippen LogP contribution in [0.2, 0.25) is 0 Å². The molecule has 0 spiro atoms.